The summed E-state index contributed by atoms with van der Waals surface area (Å²) in [6.45, 7) is 0. The molecule has 0 aromatic carbocycles. The van der Waals surface area contributed by atoms with Gasteiger partial charge in [0.05, 0.1) is 0 Å². The van der Waals surface area contributed by atoms with Gasteiger partial charge in [-0.2, -0.15) is 0 Å². The van der Waals surface area contributed by atoms with Crippen molar-refractivity contribution in [2.24, 2.45) is 0 Å². The van der Waals surface area contributed by atoms with Gasteiger partial charge >= 0.3 is 0 Å². The van der Waals surface area contributed by atoms with Crippen LogP contribution in [0.15, 0.2) is 0 Å². The minimum Gasteiger partial charge on any atom is -0.253 e. The van der Waals surface area contributed by atoms with E-state index >= 15 is 0 Å². The molecule has 2 heteroatoms. The molecule has 0 aromatic rings. The van der Waals surface area contributed by atoms with Crippen LogP contribution in [0.2, 0.25) is 0 Å². The van der Waals surface area contributed by atoms with Crippen molar-refractivity contribution in [1.82, 2.24) is 4.34 Å². The van der Waals surface area contributed by atoms with E-state index in [0.29, 0.717) is 0 Å². The van der Waals surface area contributed by atoms with Gasteiger partial charge in [0.25, 0.3) is 0 Å². The Hall–Kier alpha value is 0.440. The number of halogens is 1. The van der Waals surface area contributed by atoms with E-state index in [1.54, 1.807) is 0 Å². The molecular formula is C5H10BrN. The lowest BCUT2D eigenvalue weighted by atomic mass is 10.3. The Labute approximate surface area is 52.8 Å². The summed E-state index contributed by atoms with van der Waals surface area (Å²) in [5.41, 5.74) is 0. The molecule has 0 radical (unpaired) electrons. The van der Waals surface area contributed by atoms with Crippen molar-refractivity contribution in [2.45, 2.75) is 31.7 Å². The van der Waals surface area contributed by atoms with Crippen LogP contribution in [0, 0.1) is 0 Å². The summed E-state index contributed by atoms with van der Waals surface area (Å²) in [4.78, 5) is 0. The van der Waals surface area contributed by atoms with E-state index < -0.39 is 0 Å². The fraction of sp³-hybridized carbons (Fsp3) is 1.00. The van der Waals surface area contributed by atoms with Crippen LogP contribution in [0.1, 0.15) is 25.7 Å². The first-order valence-electron chi connectivity index (χ1n) is 2.79. The minimum absolute atomic E-state index is 0.764. The molecule has 0 heterocycles. The summed E-state index contributed by atoms with van der Waals surface area (Å²) >= 11 is 3.23. The predicted octanol–water partition coefficient (Wildman–Crippen LogP) is 1.83. The van der Waals surface area contributed by atoms with Gasteiger partial charge < -0.3 is 0 Å². The molecule has 1 nitrogen and oxygen atoms in total. The molecule has 0 aliphatic heterocycles. The van der Waals surface area contributed by atoms with E-state index in [1.807, 2.05) is 0 Å². The Kier molecular flexibility index (Phi) is 2.13. The van der Waals surface area contributed by atoms with E-state index in [1.165, 1.54) is 25.7 Å². The monoisotopic (exact) mass is 163 g/mol. The molecule has 0 spiro atoms. The van der Waals surface area contributed by atoms with Gasteiger partial charge in [0.2, 0.25) is 0 Å². The van der Waals surface area contributed by atoms with Gasteiger partial charge in [-0.25, -0.2) is 0 Å². The van der Waals surface area contributed by atoms with Crippen molar-refractivity contribution in [3.63, 3.8) is 0 Å². The van der Waals surface area contributed by atoms with Gasteiger partial charge in [0.1, 0.15) is 0 Å². The Morgan fingerprint density at radius 3 is 2.14 bits per heavy atom. The van der Waals surface area contributed by atoms with Crippen LogP contribution in [-0.4, -0.2) is 6.04 Å². The largest absolute Gasteiger partial charge is 0.253 e. The Bertz CT molecular complexity index is 50.0. The van der Waals surface area contributed by atoms with Gasteiger partial charge in [-0.3, -0.25) is 4.34 Å². The summed E-state index contributed by atoms with van der Waals surface area (Å²) in [5.74, 6) is 0. The lowest BCUT2D eigenvalue weighted by molar-refractivity contribution is 0.666. The first-order chi connectivity index (χ1) is 3.43. The molecule has 0 aromatic heterocycles. The van der Waals surface area contributed by atoms with E-state index in [9.17, 15) is 0 Å². The maximum absolute atomic E-state index is 3.23. The molecule has 0 bridgehead atoms. The first-order valence-corrected chi connectivity index (χ1v) is 3.59. The number of rotatable bonds is 1. The average molecular weight is 164 g/mol. The fourth-order valence-electron chi connectivity index (χ4n) is 1.03. The second-order valence-electron chi connectivity index (χ2n) is 2.09. The van der Waals surface area contributed by atoms with Crippen molar-refractivity contribution in [3.05, 3.63) is 0 Å². The maximum Gasteiger partial charge on any atom is 0.0174 e. The molecule has 1 saturated carbocycles. The first kappa shape index (κ1) is 5.57. The van der Waals surface area contributed by atoms with Gasteiger partial charge in [-0.1, -0.05) is 12.8 Å². The third-order valence-electron chi connectivity index (χ3n) is 1.51. The molecule has 0 amide bonds. The third-order valence-corrected chi connectivity index (χ3v) is 2.16. The minimum atomic E-state index is 0.764. The van der Waals surface area contributed by atoms with Crippen molar-refractivity contribution in [2.75, 3.05) is 0 Å². The summed E-state index contributed by atoms with van der Waals surface area (Å²) in [7, 11) is 0. The zero-order valence-electron chi connectivity index (χ0n) is 4.28. The Morgan fingerprint density at radius 2 is 1.86 bits per heavy atom. The van der Waals surface area contributed by atoms with Crippen LogP contribution in [0.5, 0.6) is 0 Å². The SMILES string of the molecule is BrNC1CCCC1. The van der Waals surface area contributed by atoms with Crippen molar-refractivity contribution in [1.29, 1.82) is 0 Å². The van der Waals surface area contributed by atoms with Crippen molar-refractivity contribution < 1.29 is 0 Å². The van der Waals surface area contributed by atoms with E-state index in [0.717, 1.165) is 6.04 Å². The van der Waals surface area contributed by atoms with Crippen LogP contribution in [-0.2, 0) is 0 Å². The van der Waals surface area contributed by atoms with Gasteiger partial charge in [-0.05, 0) is 12.8 Å². The molecule has 1 fully saturated rings. The fourth-order valence-corrected chi connectivity index (χ4v) is 1.49. The number of hydrogen-bond acceptors (Lipinski definition) is 1. The normalized spacial score (nSPS) is 23.6. The highest BCUT2D eigenvalue weighted by atomic mass is 79.9. The number of nitrogens with one attached hydrogen (secondary N) is 1. The summed E-state index contributed by atoms with van der Waals surface area (Å²) in [6.07, 6.45) is 5.52. The standard InChI is InChI=1S/C5H10BrN/c6-7-5-3-1-2-4-5/h5,7H,1-4H2. The molecule has 0 saturated heterocycles. The van der Waals surface area contributed by atoms with Crippen molar-refractivity contribution >= 4 is 16.1 Å². The smallest absolute Gasteiger partial charge is 0.0174 e. The van der Waals surface area contributed by atoms with Crippen LogP contribution >= 0.6 is 16.1 Å². The van der Waals surface area contributed by atoms with E-state index in [-0.39, 0.29) is 0 Å². The summed E-state index contributed by atoms with van der Waals surface area (Å²) in [5, 5.41) is 0. The Balaban J connectivity index is 2.14. The molecule has 0 atom stereocenters. The van der Waals surface area contributed by atoms with Gasteiger partial charge in [0, 0.05) is 22.2 Å². The molecule has 42 valence electrons. The molecular weight excluding hydrogens is 154 g/mol. The average Bonchev–Trinajstić information content (AvgIpc) is 2.14. The zero-order valence-corrected chi connectivity index (χ0v) is 5.87. The van der Waals surface area contributed by atoms with Gasteiger partial charge in [0.15, 0.2) is 0 Å². The van der Waals surface area contributed by atoms with Crippen LogP contribution in [0.25, 0.3) is 0 Å². The van der Waals surface area contributed by atoms with E-state index in [4.69, 9.17) is 0 Å². The highest BCUT2D eigenvalue weighted by molar-refractivity contribution is 9.08. The molecule has 1 aliphatic carbocycles. The predicted molar refractivity (Wildman–Crippen MR) is 34.3 cm³/mol. The lowest BCUT2D eigenvalue weighted by Gasteiger charge is -2.00. The quantitative estimate of drug-likeness (QED) is 0.583. The van der Waals surface area contributed by atoms with Gasteiger partial charge in [-0.15, -0.1) is 0 Å². The van der Waals surface area contributed by atoms with Crippen LogP contribution in [0.3, 0.4) is 0 Å². The van der Waals surface area contributed by atoms with Crippen LogP contribution in [0.4, 0.5) is 0 Å². The molecule has 7 heavy (non-hydrogen) atoms. The highest BCUT2D eigenvalue weighted by Crippen LogP contribution is 2.17. The molecule has 1 N–H and O–H groups in total. The second kappa shape index (κ2) is 2.68. The molecule has 0 unspecified atom stereocenters. The lowest BCUT2D eigenvalue weighted by Crippen LogP contribution is -2.13. The molecule has 1 rings (SSSR count). The molecule has 1 aliphatic rings. The second-order valence-corrected chi connectivity index (χ2v) is 2.55. The maximum atomic E-state index is 3.23. The van der Waals surface area contributed by atoms with Crippen LogP contribution < -0.4 is 4.34 Å². The number of hydrogen-bond donors (Lipinski definition) is 1. The van der Waals surface area contributed by atoms with Crippen molar-refractivity contribution in [3.8, 4) is 0 Å². The summed E-state index contributed by atoms with van der Waals surface area (Å²) < 4.78 is 3.08. The topological polar surface area (TPSA) is 12.0 Å². The van der Waals surface area contributed by atoms with E-state index in [2.05, 4.69) is 20.5 Å². The zero-order chi connectivity index (χ0) is 5.11. The third kappa shape index (κ3) is 1.42. The Morgan fingerprint density at radius 1 is 1.29 bits per heavy atom. The summed E-state index contributed by atoms with van der Waals surface area (Å²) in [6, 6.07) is 0.764. The highest BCUT2D eigenvalue weighted by Gasteiger charge is 2.11.